The Hall–Kier alpha value is -2.54. The molecule has 3 N–H and O–H groups in total. The number of rotatable bonds is 5. The Balaban J connectivity index is 2.29. The van der Waals surface area contributed by atoms with Gasteiger partial charge in [-0.1, -0.05) is 30.3 Å². The molecule has 0 fully saturated rings. The van der Waals surface area contributed by atoms with Gasteiger partial charge in [0.15, 0.2) is 10.8 Å². The normalized spacial score (nSPS) is 10.0. The van der Waals surface area contributed by atoms with Crippen LogP contribution in [-0.2, 0) is 6.42 Å². The number of hydrogen-bond acceptors (Lipinski definition) is 5. The number of benzene rings is 1. The first-order valence-corrected chi connectivity index (χ1v) is 8.47. The minimum atomic E-state index is -0.0880. The fraction of sp³-hybridized carbons (Fsp3) is 0.176. The Morgan fingerprint density at radius 2 is 1.88 bits per heavy atom. The first-order chi connectivity index (χ1) is 11.5. The molecule has 5 nitrogen and oxygen atoms in total. The third-order valence-corrected chi connectivity index (χ3v) is 4.69. The molecule has 0 unspecified atom stereocenters. The van der Waals surface area contributed by atoms with Gasteiger partial charge in [0, 0.05) is 16.1 Å². The number of nitrogens with zero attached hydrogens (tertiary/aromatic N) is 2. The van der Waals surface area contributed by atoms with Crippen molar-refractivity contribution < 1.29 is 9.78 Å². The van der Waals surface area contributed by atoms with Gasteiger partial charge >= 0.3 is 0 Å². The zero-order valence-corrected chi connectivity index (χ0v) is 14.5. The van der Waals surface area contributed by atoms with Gasteiger partial charge in [-0.3, -0.25) is 10.5 Å². The highest BCUT2D eigenvalue weighted by molar-refractivity contribution is 7.99. The van der Waals surface area contributed by atoms with Crippen molar-refractivity contribution >= 4 is 35.0 Å². The second-order valence-corrected chi connectivity index (χ2v) is 6.31. The largest absolute Gasteiger partial charge is 0.293 e. The molecule has 0 aliphatic carbocycles. The molecule has 0 bridgehead atoms. The van der Waals surface area contributed by atoms with E-state index in [0.717, 1.165) is 0 Å². The molecule has 1 aromatic heterocycles. The van der Waals surface area contributed by atoms with E-state index in [0.29, 0.717) is 33.2 Å². The van der Waals surface area contributed by atoms with Crippen LogP contribution in [0.3, 0.4) is 0 Å². The van der Waals surface area contributed by atoms with E-state index in [4.69, 9.17) is 17.3 Å². The van der Waals surface area contributed by atoms with Crippen LogP contribution in [0.4, 0.5) is 5.82 Å². The molecule has 7 heteroatoms. The number of nitrogens with one attached hydrogen (secondary N) is 1. The summed E-state index contributed by atoms with van der Waals surface area (Å²) >= 11 is 7.00. The Morgan fingerprint density at radius 1 is 1.25 bits per heavy atom. The Kier molecular flexibility index (Phi) is 5.81. The first-order valence-electron chi connectivity index (χ1n) is 7.11. The second-order valence-electron chi connectivity index (χ2n) is 4.89. The Bertz CT molecular complexity index is 866. The number of nitrogens with two attached hydrogens (primary N) is 1. The van der Waals surface area contributed by atoms with E-state index in [-0.39, 0.29) is 22.9 Å². The number of halogens is 1. The van der Waals surface area contributed by atoms with Gasteiger partial charge in [-0.25, -0.2) is 4.98 Å². The molecular formula is C17H14ClN4OS+. The number of anilines is 1. The van der Waals surface area contributed by atoms with Gasteiger partial charge in [-0.2, -0.15) is 10.5 Å². The highest BCUT2D eigenvalue weighted by Gasteiger charge is 2.22. The number of thioether (sulfide) groups is 1. The van der Waals surface area contributed by atoms with Crippen LogP contribution in [-0.4, -0.2) is 11.5 Å². The van der Waals surface area contributed by atoms with E-state index in [1.807, 2.05) is 13.0 Å². The Morgan fingerprint density at radius 3 is 2.42 bits per heavy atom. The second kappa shape index (κ2) is 7.83. The summed E-state index contributed by atoms with van der Waals surface area (Å²) in [6, 6.07) is 10.7. The highest BCUT2D eigenvalue weighted by atomic mass is 35.5. The van der Waals surface area contributed by atoms with E-state index in [9.17, 15) is 15.3 Å². The minimum Gasteiger partial charge on any atom is -0.293 e. The number of nitriles is 2. The molecule has 24 heavy (non-hydrogen) atoms. The van der Waals surface area contributed by atoms with Crippen molar-refractivity contribution in [2.45, 2.75) is 18.4 Å². The number of ketones is 1. The average molecular weight is 358 g/mol. The molecule has 120 valence electrons. The number of H-pyrrole nitrogens is 1. The lowest BCUT2D eigenvalue weighted by Crippen LogP contribution is -2.20. The van der Waals surface area contributed by atoms with Crippen LogP contribution in [0.25, 0.3) is 0 Å². The van der Waals surface area contributed by atoms with Crippen molar-refractivity contribution in [3.8, 4) is 12.1 Å². The molecule has 0 aliphatic rings. The summed E-state index contributed by atoms with van der Waals surface area (Å²) in [4.78, 5) is 15.1. The van der Waals surface area contributed by atoms with Crippen molar-refractivity contribution in [2.24, 2.45) is 0 Å². The lowest BCUT2D eigenvalue weighted by atomic mass is 10.0. The quantitative estimate of drug-likeness (QED) is 0.654. The third-order valence-electron chi connectivity index (χ3n) is 3.44. The number of aromatic nitrogens is 1. The fourth-order valence-corrected chi connectivity index (χ4v) is 3.30. The van der Waals surface area contributed by atoms with Gasteiger partial charge in [0.25, 0.3) is 5.82 Å². The molecule has 2 aromatic rings. The molecule has 1 aromatic carbocycles. The molecule has 0 spiro atoms. The predicted octanol–water partition coefficient (Wildman–Crippen LogP) is 3.02. The van der Waals surface area contributed by atoms with E-state index in [2.05, 4.69) is 11.1 Å². The van der Waals surface area contributed by atoms with E-state index in [1.165, 1.54) is 11.8 Å². The van der Waals surface area contributed by atoms with Crippen LogP contribution in [0.1, 0.15) is 34.0 Å². The van der Waals surface area contributed by atoms with Gasteiger partial charge in [0.05, 0.1) is 5.75 Å². The fourth-order valence-electron chi connectivity index (χ4n) is 2.24. The summed E-state index contributed by atoms with van der Waals surface area (Å²) in [5, 5.41) is 19.7. The van der Waals surface area contributed by atoms with E-state index in [1.54, 1.807) is 24.3 Å². The van der Waals surface area contributed by atoms with Gasteiger partial charge in [-0.05, 0) is 30.7 Å². The number of aromatic amines is 1. The van der Waals surface area contributed by atoms with Gasteiger partial charge in [0.2, 0.25) is 0 Å². The number of hydrogen-bond donors (Lipinski definition) is 1. The molecular weight excluding hydrogens is 344 g/mol. The number of carbonyl (C=O) groups is 1. The molecule has 0 atom stereocenters. The van der Waals surface area contributed by atoms with Crippen LogP contribution in [0.2, 0.25) is 5.02 Å². The summed E-state index contributed by atoms with van der Waals surface area (Å²) in [6.45, 7) is 1.85. The van der Waals surface area contributed by atoms with Crippen LogP contribution in [0, 0.1) is 22.7 Å². The van der Waals surface area contributed by atoms with Gasteiger partial charge in [0.1, 0.15) is 23.3 Å². The van der Waals surface area contributed by atoms with Crippen LogP contribution in [0.15, 0.2) is 29.3 Å². The number of pyridine rings is 1. The average Bonchev–Trinajstić information content (AvgIpc) is 2.59. The maximum Gasteiger partial charge on any atom is 0.289 e. The zero-order chi connectivity index (χ0) is 17.7. The number of carbonyl (C=O) groups excluding carboxylic acids is 1. The molecule has 0 saturated heterocycles. The maximum atomic E-state index is 12.2. The SMILES string of the molecule is CCc1c(C#N)c(N)[nH+]c(SCC(=O)c2ccc(Cl)cc2)c1C#N. The lowest BCUT2D eigenvalue weighted by molar-refractivity contribution is -0.410. The monoisotopic (exact) mass is 357 g/mol. The third kappa shape index (κ3) is 3.68. The molecule has 0 saturated carbocycles. The molecule has 2 rings (SSSR count). The summed E-state index contributed by atoms with van der Waals surface area (Å²) in [6.07, 6.45) is 0.503. The standard InChI is InChI=1S/C17H13ClN4OS/c1-2-12-13(7-19)16(21)22-17(14(12)8-20)24-9-15(23)10-3-5-11(18)6-4-10/h3-6H,2,9H2,1H3,(H2,21,22)/p+1. The zero-order valence-electron chi connectivity index (χ0n) is 12.9. The molecule has 0 radical (unpaired) electrons. The van der Waals surface area contributed by atoms with Crippen molar-refractivity contribution in [3.05, 3.63) is 51.5 Å². The van der Waals surface area contributed by atoms with E-state index >= 15 is 0 Å². The Labute approximate surface area is 149 Å². The van der Waals surface area contributed by atoms with Gasteiger partial charge < -0.3 is 0 Å². The maximum absolute atomic E-state index is 12.2. The lowest BCUT2D eigenvalue weighted by Gasteiger charge is -2.08. The van der Waals surface area contributed by atoms with Crippen molar-refractivity contribution in [1.29, 1.82) is 10.5 Å². The first kappa shape index (κ1) is 17.8. The summed E-state index contributed by atoms with van der Waals surface area (Å²) in [5.41, 5.74) is 7.64. The van der Waals surface area contributed by atoms with Crippen molar-refractivity contribution in [3.63, 3.8) is 0 Å². The summed E-state index contributed by atoms with van der Waals surface area (Å²) in [7, 11) is 0. The molecule has 1 heterocycles. The molecule has 0 amide bonds. The van der Waals surface area contributed by atoms with Gasteiger partial charge in [-0.15, -0.1) is 0 Å². The highest BCUT2D eigenvalue weighted by Crippen LogP contribution is 2.26. The molecule has 0 aliphatic heterocycles. The van der Waals surface area contributed by atoms with Crippen LogP contribution in [0.5, 0.6) is 0 Å². The summed E-state index contributed by atoms with van der Waals surface area (Å²) in [5.74, 6) is 0.256. The van der Waals surface area contributed by atoms with Crippen LogP contribution >= 0.6 is 23.4 Å². The predicted molar refractivity (Wildman–Crippen MR) is 92.7 cm³/mol. The van der Waals surface area contributed by atoms with Crippen LogP contribution < -0.4 is 10.7 Å². The number of Topliss-reactive ketones (excluding diaryl/α,β-unsaturated/α-hetero) is 1. The van der Waals surface area contributed by atoms with Crippen molar-refractivity contribution in [1.82, 2.24) is 0 Å². The minimum absolute atomic E-state index is 0.0880. The summed E-state index contributed by atoms with van der Waals surface area (Å²) < 4.78 is 0. The van der Waals surface area contributed by atoms with E-state index < -0.39 is 0 Å². The topological polar surface area (TPSA) is 105 Å². The number of nitrogen functional groups attached to an aromatic ring is 1. The van der Waals surface area contributed by atoms with Crippen molar-refractivity contribution in [2.75, 3.05) is 11.5 Å². The smallest absolute Gasteiger partial charge is 0.289 e.